The van der Waals surface area contributed by atoms with Crippen molar-refractivity contribution in [3.8, 4) is 0 Å². The van der Waals surface area contributed by atoms with Crippen LogP contribution in [0.25, 0.3) is 0 Å². The molecule has 1 amide bonds. The zero-order valence-corrected chi connectivity index (χ0v) is 11.5. The molecule has 20 heavy (non-hydrogen) atoms. The lowest BCUT2D eigenvalue weighted by Gasteiger charge is -2.21. The molecule has 0 aromatic heterocycles. The van der Waals surface area contributed by atoms with Crippen molar-refractivity contribution in [3.63, 3.8) is 0 Å². The largest absolute Gasteiger partial charge is 0.391 e. The van der Waals surface area contributed by atoms with Gasteiger partial charge in [-0.1, -0.05) is 6.07 Å². The van der Waals surface area contributed by atoms with Crippen LogP contribution in [0.2, 0.25) is 0 Å². The second kappa shape index (κ2) is 5.81. The molecule has 3 rings (SSSR count). The van der Waals surface area contributed by atoms with Crippen molar-refractivity contribution in [1.29, 1.82) is 0 Å². The lowest BCUT2D eigenvalue weighted by molar-refractivity contribution is 0.0926. The number of anilines is 1. The van der Waals surface area contributed by atoms with Gasteiger partial charge in [0.1, 0.15) is 0 Å². The van der Waals surface area contributed by atoms with Crippen molar-refractivity contribution in [1.82, 2.24) is 10.6 Å². The summed E-state index contributed by atoms with van der Waals surface area (Å²) in [4.78, 5) is 12.3. The van der Waals surface area contributed by atoms with Crippen molar-refractivity contribution in [3.05, 3.63) is 29.3 Å². The Bertz CT molecular complexity index is 504. The van der Waals surface area contributed by atoms with Crippen LogP contribution in [0.3, 0.4) is 0 Å². The third kappa shape index (κ3) is 2.64. The predicted molar refractivity (Wildman–Crippen MR) is 78.0 cm³/mol. The van der Waals surface area contributed by atoms with Gasteiger partial charge in [-0.25, -0.2) is 0 Å². The zero-order valence-electron chi connectivity index (χ0n) is 11.5. The Morgan fingerprint density at radius 1 is 1.40 bits per heavy atom. The summed E-state index contributed by atoms with van der Waals surface area (Å²) in [7, 11) is 0. The summed E-state index contributed by atoms with van der Waals surface area (Å²) in [6.07, 6.45) is 1.64. The van der Waals surface area contributed by atoms with Crippen LogP contribution < -0.4 is 16.0 Å². The summed E-state index contributed by atoms with van der Waals surface area (Å²) < 4.78 is 0. The highest BCUT2D eigenvalue weighted by molar-refractivity contribution is 5.97. The molecular formula is C15H21N3O2. The van der Waals surface area contributed by atoms with Gasteiger partial charge >= 0.3 is 0 Å². The Morgan fingerprint density at radius 2 is 2.30 bits per heavy atom. The summed E-state index contributed by atoms with van der Waals surface area (Å²) in [5, 5.41) is 19.2. The Balaban J connectivity index is 1.68. The van der Waals surface area contributed by atoms with Crippen LogP contribution in [0.1, 0.15) is 22.3 Å². The van der Waals surface area contributed by atoms with E-state index in [1.807, 2.05) is 18.2 Å². The van der Waals surface area contributed by atoms with Crippen molar-refractivity contribution >= 4 is 11.6 Å². The molecule has 0 bridgehead atoms. The highest BCUT2D eigenvalue weighted by Crippen LogP contribution is 2.25. The lowest BCUT2D eigenvalue weighted by Crippen LogP contribution is -2.35. The molecule has 5 nitrogen and oxygen atoms in total. The molecule has 0 saturated carbocycles. The highest BCUT2D eigenvalue weighted by Gasteiger charge is 2.25. The van der Waals surface area contributed by atoms with Crippen molar-refractivity contribution in [2.24, 2.45) is 5.92 Å². The van der Waals surface area contributed by atoms with E-state index in [0.717, 1.165) is 42.7 Å². The molecule has 4 N–H and O–H groups in total. The number of nitrogens with one attached hydrogen (secondary N) is 3. The fraction of sp³-hybridized carbons (Fsp3) is 0.533. The number of hydrogen-bond acceptors (Lipinski definition) is 4. The summed E-state index contributed by atoms with van der Waals surface area (Å²) in [6.45, 7) is 2.86. The molecule has 1 aromatic rings. The molecule has 1 aromatic carbocycles. The number of β-amino-alcohol motifs (C(OH)–C–C–N with tert-alkyl or cyclic N) is 1. The fourth-order valence-electron chi connectivity index (χ4n) is 2.97. The Kier molecular flexibility index (Phi) is 3.89. The number of fused-ring (bicyclic) bond motifs is 1. The molecule has 1 saturated heterocycles. The third-order valence-electron chi connectivity index (χ3n) is 4.17. The number of aliphatic hydroxyl groups is 1. The van der Waals surface area contributed by atoms with E-state index >= 15 is 0 Å². The van der Waals surface area contributed by atoms with E-state index in [-0.39, 0.29) is 17.9 Å². The summed E-state index contributed by atoms with van der Waals surface area (Å²) in [5.74, 6) is 0.0706. The molecule has 108 valence electrons. The van der Waals surface area contributed by atoms with Crippen LogP contribution in [0, 0.1) is 5.92 Å². The number of amides is 1. The average molecular weight is 275 g/mol. The maximum absolute atomic E-state index is 12.3. The topological polar surface area (TPSA) is 73.4 Å². The van der Waals surface area contributed by atoms with Gasteiger partial charge in [-0.3, -0.25) is 4.79 Å². The monoisotopic (exact) mass is 275 g/mol. The molecule has 2 heterocycles. The molecule has 0 aliphatic carbocycles. The van der Waals surface area contributed by atoms with Gasteiger partial charge in [0.05, 0.1) is 6.10 Å². The van der Waals surface area contributed by atoms with Gasteiger partial charge in [-0.05, 0) is 30.5 Å². The number of carbonyl (C=O) groups is 1. The smallest absolute Gasteiger partial charge is 0.251 e. The number of benzene rings is 1. The molecule has 2 unspecified atom stereocenters. The minimum atomic E-state index is -0.360. The van der Waals surface area contributed by atoms with E-state index in [1.165, 1.54) is 0 Å². The second-order valence-corrected chi connectivity index (χ2v) is 5.56. The first-order valence-electron chi connectivity index (χ1n) is 7.28. The molecule has 2 aliphatic rings. The van der Waals surface area contributed by atoms with Gasteiger partial charge in [-0.2, -0.15) is 0 Å². The van der Waals surface area contributed by atoms with E-state index < -0.39 is 0 Å². The normalized spacial score (nSPS) is 24.9. The first kappa shape index (κ1) is 13.4. The average Bonchev–Trinajstić information content (AvgIpc) is 2.89. The number of hydrogen-bond donors (Lipinski definition) is 4. The van der Waals surface area contributed by atoms with Gasteiger partial charge in [0.15, 0.2) is 0 Å². The Labute approximate surface area is 118 Å². The first-order valence-corrected chi connectivity index (χ1v) is 7.28. The molecular weight excluding hydrogens is 254 g/mol. The second-order valence-electron chi connectivity index (χ2n) is 5.56. The molecule has 0 spiro atoms. The van der Waals surface area contributed by atoms with Gasteiger partial charge < -0.3 is 21.1 Å². The standard InChI is InChI=1S/C15H21N3O2/c19-14-9-16-7-10(14)8-18-15(20)12-3-1-5-13-11(12)4-2-6-17-13/h1,3,5,10,14,16-17,19H,2,4,6-9H2,(H,18,20). The highest BCUT2D eigenvalue weighted by atomic mass is 16.3. The zero-order chi connectivity index (χ0) is 13.9. The first-order chi connectivity index (χ1) is 9.75. The third-order valence-corrected chi connectivity index (χ3v) is 4.17. The lowest BCUT2D eigenvalue weighted by atomic mass is 9.97. The van der Waals surface area contributed by atoms with Crippen molar-refractivity contribution < 1.29 is 9.90 Å². The van der Waals surface area contributed by atoms with Gasteiger partial charge in [0.2, 0.25) is 0 Å². The molecule has 5 heteroatoms. The maximum Gasteiger partial charge on any atom is 0.251 e. The van der Waals surface area contributed by atoms with Gasteiger partial charge in [0.25, 0.3) is 5.91 Å². The van der Waals surface area contributed by atoms with E-state index in [0.29, 0.717) is 13.1 Å². The SMILES string of the molecule is O=C(NCC1CNCC1O)c1cccc2c1CCCN2. The molecule has 2 atom stereocenters. The summed E-state index contributed by atoms with van der Waals surface area (Å²) in [5.41, 5.74) is 2.95. The van der Waals surface area contributed by atoms with Crippen LogP contribution in [-0.4, -0.2) is 43.3 Å². The number of rotatable bonds is 3. The predicted octanol–water partition coefficient (Wildman–Crippen LogP) is 0.355. The number of carbonyl (C=O) groups excluding carboxylic acids is 1. The van der Waals surface area contributed by atoms with Crippen molar-refractivity contribution in [2.75, 3.05) is 31.5 Å². The molecule has 0 radical (unpaired) electrons. The quantitative estimate of drug-likeness (QED) is 0.642. The van der Waals surface area contributed by atoms with E-state index in [1.54, 1.807) is 0 Å². The minimum Gasteiger partial charge on any atom is -0.391 e. The van der Waals surface area contributed by atoms with Crippen molar-refractivity contribution in [2.45, 2.75) is 18.9 Å². The van der Waals surface area contributed by atoms with Crippen LogP contribution in [0.5, 0.6) is 0 Å². The van der Waals surface area contributed by atoms with Crippen LogP contribution in [0.4, 0.5) is 5.69 Å². The summed E-state index contributed by atoms with van der Waals surface area (Å²) >= 11 is 0. The van der Waals surface area contributed by atoms with E-state index in [2.05, 4.69) is 16.0 Å². The van der Waals surface area contributed by atoms with E-state index in [9.17, 15) is 9.90 Å². The molecule has 1 fully saturated rings. The van der Waals surface area contributed by atoms with Crippen LogP contribution >= 0.6 is 0 Å². The van der Waals surface area contributed by atoms with Crippen LogP contribution in [0.15, 0.2) is 18.2 Å². The summed E-state index contributed by atoms with van der Waals surface area (Å²) in [6, 6.07) is 5.82. The van der Waals surface area contributed by atoms with Crippen LogP contribution in [-0.2, 0) is 6.42 Å². The van der Waals surface area contributed by atoms with Gasteiger partial charge in [0, 0.05) is 43.3 Å². The van der Waals surface area contributed by atoms with Gasteiger partial charge in [-0.15, -0.1) is 0 Å². The Morgan fingerprint density at radius 3 is 3.10 bits per heavy atom. The maximum atomic E-state index is 12.3. The fourth-order valence-corrected chi connectivity index (χ4v) is 2.97. The number of aliphatic hydroxyl groups excluding tert-OH is 1. The van der Waals surface area contributed by atoms with E-state index in [4.69, 9.17) is 0 Å². The molecule has 2 aliphatic heterocycles. The Hall–Kier alpha value is -1.59. The minimum absolute atomic E-state index is 0.0374.